The van der Waals surface area contributed by atoms with E-state index in [2.05, 4.69) is 35.2 Å². The average Bonchev–Trinajstić information content (AvgIpc) is 3.11. The third kappa shape index (κ3) is 2.38. The molecule has 92 valence electrons. The minimum absolute atomic E-state index is 0.398. The van der Waals surface area contributed by atoms with Gasteiger partial charge in [-0.1, -0.05) is 30.3 Å². The van der Waals surface area contributed by atoms with Crippen LogP contribution in [0.1, 0.15) is 31.2 Å². The van der Waals surface area contributed by atoms with Crippen LogP contribution in [0.25, 0.3) is 0 Å². The van der Waals surface area contributed by atoms with Gasteiger partial charge in [0, 0.05) is 24.5 Å². The van der Waals surface area contributed by atoms with Crippen molar-refractivity contribution < 1.29 is 0 Å². The standard InChI is InChI=1S/C15H22N2/c16-14-7-4-10-17(11-14)12-15(8-9-15)13-5-2-1-3-6-13/h1-3,5-6,14H,4,7-12,16H2/t14-/m0/s1. The maximum Gasteiger partial charge on any atom is 0.0168 e. The van der Waals surface area contributed by atoms with Crippen LogP contribution in [0.4, 0.5) is 0 Å². The van der Waals surface area contributed by atoms with E-state index in [0.717, 1.165) is 6.54 Å². The van der Waals surface area contributed by atoms with Crippen molar-refractivity contribution in [2.75, 3.05) is 19.6 Å². The zero-order chi connectivity index (χ0) is 11.7. The molecule has 0 aromatic heterocycles. The zero-order valence-corrected chi connectivity index (χ0v) is 10.4. The Labute approximate surface area is 104 Å². The van der Waals surface area contributed by atoms with Crippen molar-refractivity contribution in [2.45, 2.75) is 37.1 Å². The van der Waals surface area contributed by atoms with Crippen LogP contribution in [0.3, 0.4) is 0 Å². The highest BCUT2D eigenvalue weighted by molar-refractivity contribution is 5.31. The van der Waals surface area contributed by atoms with Crippen LogP contribution in [0, 0.1) is 0 Å². The van der Waals surface area contributed by atoms with Crippen molar-refractivity contribution in [1.82, 2.24) is 4.90 Å². The maximum absolute atomic E-state index is 6.06. The van der Waals surface area contributed by atoms with Crippen molar-refractivity contribution in [2.24, 2.45) is 5.73 Å². The van der Waals surface area contributed by atoms with Crippen molar-refractivity contribution in [3.05, 3.63) is 35.9 Å². The lowest BCUT2D eigenvalue weighted by molar-refractivity contribution is 0.192. The highest BCUT2D eigenvalue weighted by Gasteiger charge is 2.45. The van der Waals surface area contributed by atoms with E-state index in [9.17, 15) is 0 Å². The van der Waals surface area contributed by atoms with Gasteiger partial charge in [-0.3, -0.25) is 0 Å². The van der Waals surface area contributed by atoms with E-state index in [1.807, 2.05) is 0 Å². The highest BCUT2D eigenvalue weighted by atomic mass is 15.2. The van der Waals surface area contributed by atoms with E-state index in [1.54, 1.807) is 0 Å². The van der Waals surface area contributed by atoms with Gasteiger partial charge in [-0.05, 0) is 37.8 Å². The van der Waals surface area contributed by atoms with Gasteiger partial charge in [0.25, 0.3) is 0 Å². The second-order valence-electron chi connectivity index (χ2n) is 5.78. The summed E-state index contributed by atoms with van der Waals surface area (Å²) in [6, 6.07) is 11.4. The normalized spacial score (nSPS) is 27.9. The number of benzene rings is 1. The van der Waals surface area contributed by atoms with E-state index in [0.29, 0.717) is 11.5 Å². The van der Waals surface area contributed by atoms with Gasteiger partial charge in [0.15, 0.2) is 0 Å². The van der Waals surface area contributed by atoms with Gasteiger partial charge in [0.1, 0.15) is 0 Å². The predicted molar refractivity (Wildman–Crippen MR) is 71.0 cm³/mol. The molecule has 3 rings (SSSR count). The minimum atomic E-state index is 0.398. The largest absolute Gasteiger partial charge is 0.327 e. The molecule has 0 amide bonds. The van der Waals surface area contributed by atoms with E-state index in [1.165, 1.54) is 44.3 Å². The molecule has 2 aliphatic rings. The number of nitrogens with zero attached hydrogens (tertiary/aromatic N) is 1. The van der Waals surface area contributed by atoms with E-state index in [4.69, 9.17) is 5.73 Å². The molecule has 1 aromatic carbocycles. The summed E-state index contributed by atoms with van der Waals surface area (Å²) in [5, 5.41) is 0. The summed E-state index contributed by atoms with van der Waals surface area (Å²) in [6.45, 7) is 3.54. The molecular formula is C15H22N2. The van der Waals surface area contributed by atoms with Gasteiger partial charge in [0.2, 0.25) is 0 Å². The average molecular weight is 230 g/mol. The lowest BCUT2D eigenvalue weighted by Gasteiger charge is -2.33. The van der Waals surface area contributed by atoms with Crippen molar-refractivity contribution in [3.63, 3.8) is 0 Å². The summed E-state index contributed by atoms with van der Waals surface area (Å²) >= 11 is 0. The van der Waals surface area contributed by atoms with Crippen molar-refractivity contribution in [1.29, 1.82) is 0 Å². The lowest BCUT2D eigenvalue weighted by atomic mass is 9.94. The van der Waals surface area contributed by atoms with E-state index < -0.39 is 0 Å². The minimum Gasteiger partial charge on any atom is -0.327 e. The fourth-order valence-corrected chi connectivity index (χ4v) is 3.14. The molecule has 1 atom stereocenters. The first-order valence-electron chi connectivity index (χ1n) is 6.82. The zero-order valence-electron chi connectivity index (χ0n) is 10.4. The van der Waals surface area contributed by atoms with Gasteiger partial charge >= 0.3 is 0 Å². The molecule has 0 spiro atoms. The molecule has 1 saturated carbocycles. The van der Waals surface area contributed by atoms with Gasteiger partial charge < -0.3 is 10.6 Å². The van der Waals surface area contributed by atoms with Crippen LogP contribution in [0.5, 0.6) is 0 Å². The molecule has 2 fully saturated rings. The molecule has 1 aliphatic heterocycles. The number of rotatable bonds is 3. The summed E-state index contributed by atoms with van der Waals surface area (Å²) in [7, 11) is 0. The SMILES string of the molecule is N[C@H]1CCCN(CC2(c3ccccc3)CC2)C1. The monoisotopic (exact) mass is 230 g/mol. The Morgan fingerprint density at radius 2 is 2.00 bits per heavy atom. The number of likely N-dealkylation sites (tertiary alicyclic amines) is 1. The fourth-order valence-electron chi connectivity index (χ4n) is 3.14. The molecule has 0 radical (unpaired) electrons. The predicted octanol–water partition coefficient (Wildman–Crippen LogP) is 2.14. The number of hydrogen-bond acceptors (Lipinski definition) is 2. The topological polar surface area (TPSA) is 29.3 Å². The Kier molecular flexibility index (Phi) is 2.93. The molecule has 2 N–H and O–H groups in total. The van der Waals surface area contributed by atoms with Crippen LogP contribution in [-0.2, 0) is 5.41 Å². The van der Waals surface area contributed by atoms with E-state index >= 15 is 0 Å². The van der Waals surface area contributed by atoms with Gasteiger partial charge in [-0.15, -0.1) is 0 Å². The molecule has 1 aliphatic carbocycles. The molecule has 17 heavy (non-hydrogen) atoms. The van der Waals surface area contributed by atoms with Gasteiger partial charge in [0.05, 0.1) is 0 Å². The van der Waals surface area contributed by atoms with Crippen LogP contribution < -0.4 is 5.73 Å². The maximum atomic E-state index is 6.06. The Bertz CT molecular complexity index is 370. The molecule has 2 heteroatoms. The number of hydrogen-bond donors (Lipinski definition) is 1. The van der Waals surface area contributed by atoms with Gasteiger partial charge in [-0.2, -0.15) is 0 Å². The number of nitrogens with two attached hydrogens (primary N) is 1. The fraction of sp³-hybridized carbons (Fsp3) is 0.600. The Morgan fingerprint density at radius 3 is 2.65 bits per heavy atom. The molecule has 0 unspecified atom stereocenters. The first kappa shape index (κ1) is 11.2. The Balaban J connectivity index is 1.68. The molecule has 1 saturated heterocycles. The van der Waals surface area contributed by atoms with Crippen LogP contribution in [0.15, 0.2) is 30.3 Å². The van der Waals surface area contributed by atoms with Crippen molar-refractivity contribution in [3.8, 4) is 0 Å². The summed E-state index contributed by atoms with van der Waals surface area (Å²) in [5.74, 6) is 0. The second kappa shape index (κ2) is 4.43. The first-order valence-corrected chi connectivity index (χ1v) is 6.82. The first-order chi connectivity index (χ1) is 8.28. The lowest BCUT2D eigenvalue weighted by Crippen LogP contribution is -2.45. The molecule has 1 heterocycles. The van der Waals surface area contributed by atoms with Crippen LogP contribution >= 0.6 is 0 Å². The number of piperidine rings is 1. The third-order valence-corrected chi connectivity index (χ3v) is 4.31. The third-order valence-electron chi connectivity index (χ3n) is 4.31. The summed E-state index contributed by atoms with van der Waals surface area (Å²) in [4.78, 5) is 2.58. The molecule has 1 aromatic rings. The Morgan fingerprint density at radius 1 is 1.24 bits per heavy atom. The van der Waals surface area contributed by atoms with Gasteiger partial charge in [-0.25, -0.2) is 0 Å². The summed E-state index contributed by atoms with van der Waals surface area (Å²) in [6.07, 6.45) is 5.17. The molecular weight excluding hydrogens is 208 g/mol. The van der Waals surface area contributed by atoms with Crippen LogP contribution in [0.2, 0.25) is 0 Å². The summed E-state index contributed by atoms with van der Waals surface area (Å²) in [5.41, 5.74) is 8.05. The smallest absolute Gasteiger partial charge is 0.0168 e. The Hall–Kier alpha value is -0.860. The molecule has 0 bridgehead atoms. The van der Waals surface area contributed by atoms with Crippen molar-refractivity contribution >= 4 is 0 Å². The van der Waals surface area contributed by atoms with Crippen LogP contribution in [-0.4, -0.2) is 30.6 Å². The second-order valence-corrected chi connectivity index (χ2v) is 5.78. The van der Waals surface area contributed by atoms with E-state index in [-0.39, 0.29) is 0 Å². The summed E-state index contributed by atoms with van der Waals surface area (Å²) < 4.78 is 0. The highest BCUT2D eigenvalue weighted by Crippen LogP contribution is 2.48. The molecule has 2 nitrogen and oxygen atoms in total. The quantitative estimate of drug-likeness (QED) is 0.862.